The summed E-state index contributed by atoms with van der Waals surface area (Å²) in [5, 5.41) is 8.78. The average Bonchev–Trinajstić information content (AvgIpc) is 3.12. The molecule has 1 aromatic heterocycles. The normalized spacial score (nSPS) is 16.0. The lowest BCUT2D eigenvalue weighted by Crippen LogP contribution is -2.30. The van der Waals surface area contributed by atoms with Crippen LogP contribution < -0.4 is 0 Å². The summed E-state index contributed by atoms with van der Waals surface area (Å²) in [6.45, 7) is 0.0645. The van der Waals surface area contributed by atoms with Crippen LogP contribution in [0.25, 0.3) is 17.2 Å². The van der Waals surface area contributed by atoms with Gasteiger partial charge in [-0.25, -0.2) is 0 Å². The standard InChI is InChI=1S/C17H12BrNO4S2/c18-11-3-1-10(2-4-11)12-6-8-23-13(12)9-14-16(22)19(17(24)25-14)7-5-15(20)21/h1-4,6,8-9H,5,7H2,(H,20,21). The Morgan fingerprint density at radius 3 is 2.72 bits per heavy atom. The Morgan fingerprint density at radius 2 is 2.04 bits per heavy atom. The Morgan fingerprint density at radius 1 is 1.32 bits per heavy atom. The van der Waals surface area contributed by atoms with Gasteiger partial charge in [0.25, 0.3) is 5.91 Å². The second-order valence-corrected chi connectivity index (χ2v) is 7.77. The number of thiocarbonyl (C=S) groups is 1. The molecule has 128 valence electrons. The number of benzene rings is 1. The first-order valence-corrected chi connectivity index (χ1v) is 9.28. The number of carboxylic acid groups (broad SMARTS) is 1. The third kappa shape index (κ3) is 4.02. The van der Waals surface area contributed by atoms with Crippen molar-refractivity contribution in [1.29, 1.82) is 0 Å². The maximum Gasteiger partial charge on any atom is 0.305 e. The highest BCUT2D eigenvalue weighted by Gasteiger charge is 2.32. The number of thioether (sulfide) groups is 1. The number of hydrogen-bond donors (Lipinski definition) is 1. The Kier molecular flexibility index (Phi) is 5.41. The van der Waals surface area contributed by atoms with Crippen molar-refractivity contribution in [3.8, 4) is 11.1 Å². The van der Waals surface area contributed by atoms with Gasteiger partial charge in [0.05, 0.1) is 17.6 Å². The number of carboxylic acids is 1. The molecule has 1 aromatic carbocycles. The summed E-state index contributed by atoms with van der Waals surface area (Å²) < 4.78 is 6.85. The lowest BCUT2D eigenvalue weighted by Gasteiger charge is -2.12. The molecule has 0 spiro atoms. The zero-order valence-corrected chi connectivity index (χ0v) is 16.0. The van der Waals surface area contributed by atoms with Gasteiger partial charge in [-0.05, 0) is 23.8 Å². The first-order valence-electron chi connectivity index (χ1n) is 7.26. The van der Waals surface area contributed by atoms with Crippen molar-refractivity contribution in [2.75, 3.05) is 6.54 Å². The minimum absolute atomic E-state index is 0.0645. The van der Waals surface area contributed by atoms with Crippen LogP contribution in [0.5, 0.6) is 0 Å². The van der Waals surface area contributed by atoms with Crippen molar-refractivity contribution in [3.63, 3.8) is 0 Å². The zero-order chi connectivity index (χ0) is 18.0. The van der Waals surface area contributed by atoms with Crippen molar-refractivity contribution < 1.29 is 19.1 Å². The average molecular weight is 438 g/mol. The summed E-state index contributed by atoms with van der Waals surface area (Å²) in [4.78, 5) is 24.9. The fourth-order valence-corrected chi connectivity index (χ4v) is 3.86. The van der Waals surface area contributed by atoms with Gasteiger partial charge in [0.15, 0.2) is 0 Å². The number of amides is 1. The third-order valence-electron chi connectivity index (χ3n) is 3.54. The van der Waals surface area contributed by atoms with Crippen molar-refractivity contribution in [2.24, 2.45) is 0 Å². The molecule has 1 fully saturated rings. The highest BCUT2D eigenvalue weighted by atomic mass is 79.9. The molecule has 0 radical (unpaired) electrons. The van der Waals surface area contributed by atoms with E-state index in [-0.39, 0.29) is 18.9 Å². The molecule has 25 heavy (non-hydrogen) atoms. The van der Waals surface area contributed by atoms with Gasteiger partial charge >= 0.3 is 5.97 Å². The lowest BCUT2D eigenvalue weighted by molar-refractivity contribution is -0.137. The molecule has 0 aliphatic carbocycles. The van der Waals surface area contributed by atoms with E-state index in [1.807, 2.05) is 30.3 Å². The molecule has 2 heterocycles. The number of halogens is 1. The minimum Gasteiger partial charge on any atom is -0.481 e. The number of aliphatic carboxylic acids is 1. The monoisotopic (exact) mass is 437 g/mol. The number of hydrogen-bond acceptors (Lipinski definition) is 5. The molecular weight excluding hydrogens is 426 g/mol. The lowest BCUT2D eigenvalue weighted by atomic mass is 10.1. The molecule has 1 saturated heterocycles. The van der Waals surface area contributed by atoms with Gasteiger partial charge in [-0.3, -0.25) is 14.5 Å². The maximum atomic E-state index is 12.5. The van der Waals surface area contributed by atoms with Gasteiger partial charge in [0.1, 0.15) is 10.1 Å². The van der Waals surface area contributed by atoms with E-state index < -0.39 is 5.97 Å². The summed E-state index contributed by atoms with van der Waals surface area (Å²) in [6.07, 6.45) is 3.07. The second kappa shape index (κ2) is 7.55. The smallest absolute Gasteiger partial charge is 0.305 e. The van der Waals surface area contributed by atoms with E-state index in [1.54, 1.807) is 12.3 Å². The third-order valence-corrected chi connectivity index (χ3v) is 5.44. The summed E-state index contributed by atoms with van der Waals surface area (Å²) in [5.41, 5.74) is 1.83. The van der Waals surface area contributed by atoms with E-state index in [0.717, 1.165) is 27.4 Å². The van der Waals surface area contributed by atoms with Crippen LogP contribution in [0.3, 0.4) is 0 Å². The van der Waals surface area contributed by atoms with Crippen molar-refractivity contribution in [2.45, 2.75) is 6.42 Å². The summed E-state index contributed by atoms with van der Waals surface area (Å²) in [7, 11) is 0. The van der Waals surface area contributed by atoms with Gasteiger partial charge in [-0.15, -0.1) is 0 Å². The molecule has 0 saturated carbocycles. The molecule has 1 N–H and O–H groups in total. The zero-order valence-electron chi connectivity index (χ0n) is 12.8. The molecule has 0 atom stereocenters. The second-order valence-electron chi connectivity index (χ2n) is 5.18. The number of carbonyl (C=O) groups is 2. The van der Waals surface area contributed by atoms with Crippen LogP contribution in [0, 0.1) is 0 Å². The van der Waals surface area contributed by atoms with Crippen molar-refractivity contribution in [3.05, 3.63) is 51.7 Å². The molecular formula is C17H12BrNO4S2. The van der Waals surface area contributed by atoms with E-state index in [0.29, 0.717) is 15.0 Å². The molecule has 3 rings (SSSR count). The Balaban J connectivity index is 1.86. The van der Waals surface area contributed by atoms with Crippen LogP contribution in [0.4, 0.5) is 0 Å². The van der Waals surface area contributed by atoms with Crippen molar-refractivity contribution in [1.82, 2.24) is 4.90 Å². The molecule has 1 amide bonds. The van der Waals surface area contributed by atoms with E-state index in [1.165, 1.54) is 4.90 Å². The summed E-state index contributed by atoms with van der Waals surface area (Å²) in [6, 6.07) is 9.59. The Labute approximate surface area is 161 Å². The molecule has 1 aliphatic heterocycles. The number of rotatable bonds is 5. The minimum atomic E-state index is -0.971. The first-order chi connectivity index (χ1) is 12.0. The van der Waals surface area contributed by atoms with Gasteiger partial charge in [0, 0.05) is 22.7 Å². The van der Waals surface area contributed by atoms with E-state index in [4.69, 9.17) is 21.7 Å². The SMILES string of the molecule is O=C(O)CCN1C(=O)C(=Cc2occc2-c2ccc(Br)cc2)SC1=S. The predicted molar refractivity (Wildman–Crippen MR) is 104 cm³/mol. The van der Waals surface area contributed by atoms with E-state index in [9.17, 15) is 9.59 Å². The highest BCUT2D eigenvalue weighted by Crippen LogP contribution is 2.35. The fraction of sp³-hybridized carbons (Fsp3) is 0.118. The predicted octanol–water partition coefficient (Wildman–Crippen LogP) is 4.39. The number of furan rings is 1. The van der Waals surface area contributed by atoms with E-state index in [2.05, 4.69) is 15.9 Å². The van der Waals surface area contributed by atoms with E-state index >= 15 is 0 Å². The molecule has 1 aliphatic rings. The van der Waals surface area contributed by atoms with Crippen LogP contribution in [-0.4, -0.2) is 32.7 Å². The van der Waals surface area contributed by atoms with Crippen molar-refractivity contribution >= 4 is 62.2 Å². The quantitative estimate of drug-likeness (QED) is 0.552. The van der Waals surface area contributed by atoms with Crippen LogP contribution in [-0.2, 0) is 9.59 Å². The number of nitrogens with zero attached hydrogens (tertiary/aromatic N) is 1. The van der Waals surface area contributed by atoms with Gasteiger partial charge in [0.2, 0.25) is 0 Å². The summed E-state index contributed by atoms with van der Waals surface area (Å²) >= 11 is 9.73. The Bertz CT molecular complexity index is 873. The fourth-order valence-electron chi connectivity index (χ4n) is 2.32. The Hall–Kier alpha value is -1.90. The maximum absolute atomic E-state index is 12.5. The van der Waals surface area contributed by atoms with Gasteiger partial charge < -0.3 is 9.52 Å². The van der Waals surface area contributed by atoms with Gasteiger partial charge in [-0.2, -0.15) is 0 Å². The van der Waals surface area contributed by atoms with Crippen LogP contribution >= 0.6 is 39.9 Å². The van der Waals surface area contributed by atoms with Gasteiger partial charge in [-0.1, -0.05) is 52.0 Å². The molecule has 2 aromatic rings. The molecule has 0 unspecified atom stereocenters. The van der Waals surface area contributed by atoms with Crippen LogP contribution in [0.15, 0.2) is 50.4 Å². The number of carbonyl (C=O) groups excluding carboxylic acids is 1. The molecule has 8 heteroatoms. The highest BCUT2D eigenvalue weighted by molar-refractivity contribution is 9.10. The van der Waals surface area contributed by atoms with Crippen LogP contribution in [0.2, 0.25) is 0 Å². The molecule has 0 bridgehead atoms. The first kappa shape index (κ1) is 17.9. The van der Waals surface area contributed by atoms with Crippen LogP contribution in [0.1, 0.15) is 12.2 Å². The topological polar surface area (TPSA) is 70.8 Å². The largest absolute Gasteiger partial charge is 0.481 e. The molecule has 5 nitrogen and oxygen atoms in total. The summed E-state index contributed by atoms with van der Waals surface area (Å²) in [5.74, 6) is -0.711.